The van der Waals surface area contributed by atoms with Crippen LogP contribution in [0.5, 0.6) is 0 Å². The quantitative estimate of drug-likeness (QED) is 0.679. The van der Waals surface area contributed by atoms with Crippen molar-refractivity contribution in [2.24, 2.45) is 11.5 Å². The molecule has 0 radical (unpaired) electrons. The van der Waals surface area contributed by atoms with Crippen molar-refractivity contribution in [3.8, 4) is 0 Å². The summed E-state index contributed by atoms with van der Waals surface area (Å²) in [6.45, 7) is 1.50. The van der Waals surface area contributed by atoms with Crippen LogP contribution in [0.25, 0.3) is 0 Å². The molecule has 1 aromatic rings. The van der Waals surface area contributed by atoms with Crippen LogP contribution in [0.15, 0.2) is 36.4 Å². The van der Waals surface area contributed by atoms with Gasteiger partial charge in [-0.15, -0.1) is 0 Å². The molecule has 1 heterocycles. The molecule has 1 atom stereocenters. The van der Waals surface area contributed by atoms with Gasteiger partial charge >= 0.3 is 0 Å². The number of hydrogen-bond acceptors (Lipinski definition) is 4. The van der Waals surface area contributed by atoms with Crippen molar-refractivity contribution < 1.29 is 9.59 Å². The Balaban J connectivity index is 2.02. The fraction of sp³-hybridized carbons (Fsp3) is 0.333. The second kappa shape index (κ2) is 7.01. The lowest BCUT2D eigenvalue weighted by molar-refractivity contribution is -0.117. The lowest BCUT2D eigenvalue weighted by Gasteiger charge is -2.30. The van der Waals surface area contributed by atoms with E-state index in [0.717, 1.165) is 13.0 Å². The van der Waals surface area contributed by atoms with Gasteiger partial charge in [0.25, 0.3) is 5.91 Å². The highest BCUT2D eigenvalue weighted by Crippen LogP contribution is 2.15. The van der Waals surface area contributed by atoms with Gasteiger partial charge in [0.15, 0.2) is 0 Å². The van der Waals surface area contributed by atoms with E-state index in [1.54, 1.807) is 24.3 Å². The smallest absolute Gasteiger partial charge is 0.250 e. The van der Waals surface area contributed by atoms with E-state index in [0.29, 0.717) is 17.8 Å². The molecule has 1 unspecified atom stereocenters. The third-order valence-corrected chi connectivity index (χ3v) is 3.47. The third-order valence-electron chi connectivity index (χ3n) is 3.47. The van der Waals surface area contributed by atoms with E-state index in [1.807, 2.05) is 11.0 Å². The average molecular weight is 288 g/mol. The number of primary amides is 1. The first-order valence-corrected chi connectivity index (χ1v) is 6.91. The molecule has 0 aliphatic carbocycles. The van der Waals surface area contributed by atoms with Gasteiger partial charge in [-0.25, -0.2) is 0 Å². The van der Waals surface area contributed by atoms with Gasteiger partial charge in [-0.3, -0.25) is 14.5 Å². The molecule has 21 heavy (non-hydrogen) atoms. The molecule has 0 fully saturated rings. The van der Waals surface area contributed by atoms with Crippen molar-refractivity contribution in [3.63, 3.8) is 0 Å². The zero-order valence-electron chi connectivity index (χ0n) is 11.8. The van der Waals surface area contributed by atoms with Gasteiger partial charge in [0.1, 0.15) is 0 Å². The van der Waals surface area contributed by atoms with Crippen molar-refractivity contribution in [1.82, 2.24) is 4.90 Å². The topological polar surface area (TPSA) is 101 Å². The number of hydrogen-bond donors (Lipinski definition) is 3. The van der Waals surface area contributed by atoms with E-state index in [-0.39, 0.29) is 18.5 Å². The molecule has 6 heteroatoms. The minimum Gasteiger partial charge on any atom is -0.366 e. The molecule has 112 valence electrons. The monoisotopic (exact) mass is 288 g/mol. The van der Waals surface area contributed by atoms with E-state index >= 15 is 0 Å². The van der Waals surface area contributed by atoms with Crippen LogP contribution in [-0.4, -0.2) is 42.4 Å². The van der Waals surface area contributed by atoms with Crippen LogP contribution in [0.4, 0.5) is 5.69 Å². The first kappa shape index (κ1) is 15.2. The zero-order valence-corrected chi connectivity index (χ0v) is 11.8. The molecule has 1 aliphatic rings. The maximum atomic E-state index is 12.1. The first-order chi connectivity index (χ1) is 10.1. The van der Waals surface area contributed by atoms with Gasteiger partial charge in [-0.05, 0) is 18.6 Å². The maximum Gasteiger partial charge on any atom is 0.250 e. The Hall–Kier alpha value is -2.18. The number of benzene rings is 1. The van der Waals surface area contributed by atoms with Crippen molar-refractivity contribution >= 4 is 17.5 Å². The fourth-order valence-electron chi connectivity index (χ4n) is 2.39. The molecular formula is C15H20N4O2. The van der Waals surface area contributed by atoms with E-state index < -0.39 is 5.91 Å². The number of rotatable bonds is 5. The second-order valence-corrected chi connectivity index (χ2v) is 4.95. The van der Waals surface area contributed by atoms with Gasteiger partial charge in [-0.1, -0.05) is 24.3 Å². The SMILES string of the molecule is NCC1C=CCCN1CC(=O)Nc1ccccc1C(N)=O. The Morgan fingerprint density at radius 1 is 1.33 bits per heavy atom. The first-order valence-electron chi connectivity index (χ1n) is 6.91. The summed E-state index contributed by atoms with van der Waals surface area (Å²) in [6.07, 6.45) is 5.00. The predicted octanol–water partition coefficient (Wildman–Crippen LogP) is 0.313. The highest BCUT2D eigenvalue weighted by Gasteiger charge is 2.20. The van der Waals surface area contributed by atoms with Crippen molar-refractivity contribution in [1.29, 1.82) is 0 Å². The summed E-state index contributed by atoms with van der Waals surface area (Å²) >= 11 is 0. The molecule has 0 spiro atoms. The van der Waals surface area contributed by atoms with Gasteiger partial charge < -0.3 is 16.8 Å². The lowest BCUT2D eigenvalue weighted by Crippen LogP contribution is -2.45. The zero-order chi connectivity index (χ0) is 15.2. The molecule has 5 N–H and O–H groups in total. The van der Waals surface area contributed by atoms with E-state index in [4.69, 9.17) is 11.5 Å². The largest absolute Gasteiger partial charge is 0.366 e. The Morgan fingerprint density at radius 2 is 2.10 bits per heavy atom. The lowest BCUT2D eigenvalue weighted by atomic mass is 10.1. The Kier molecular flexibility index (Phi) is 5.08. The van der Waals surface area contributed by atoms with Crippen LogP contribution in [0.2, 0.25) is 0 Å². The van der Waals surface area contributed by atoms with Crippen LogP contribution in [0.1, 0.15) is 16.8 Å². The van der Waals surface area contributed by atoms with Crippen LogP contribution >= 0.6 is 0 Å². The summed E-state index contributed by atoms with van der Waals surface area (Å²) in [5.74, 6) is -0.746. The summed E-state index contributed by atoms with van der Waals surface area (Å²) in [5.41, 5.74) is 11.7. The molecule has 6 nitrogen and oxygen atoms in total. The van der Waals surface area contributed by atoms with Crippen LogP contribution in [0.3, 0.4) is 0 Å². The molecule has 0 saturated heterocycles. The molecule has 1 aromatic carbocycles. The van der Waals surface area contributed by atoms with Gasteiger partial charge in [0, 0.05) is 19.1 Å². The standard InChI is InChI=1S/C15H20N4O2/c16-9-11-5-3-4-8-19(11)10-14(20)18-13-7-2-1-6-12(13)15(17)21/h1-3,5-7,11H,4,8-10,16H2,(H2,17,21)(H,18,20). The summed E-state index contributed by atoms with van der Waals surface area (Å²) in [7, 11) is 0. The van der Waals surface area contributed by atoms with Crippen LogP contribution in [0, 0.1) is 0 Å². The van der Waals surface area contributed by atoms with Crippen molar-refractivity contribution in [2.45, 2.75) is 12.5 Å². The Morgan fingerprint density at radius 3 is 2.81 bits per heavy atom. The average Bonchev–Trinajstić information content (AvgIpc) is 2.48. The number of anilines is 1. The fourth-order valence-corrected chi connectivity index (χ4v) is 2.39. The molecule has 2 rings (SSSR count). The van der Waals surface area contributed by atoms with E-state index in [2.05, 4.69) is 11.4 Å². The van der Waals surface area contributed by atoms with Gasteiger partial charge in [-0.2, -0.15) is 0 Å². The summed E-state index contributed by atoms with van der Waals surface area (Å²) in [4.78, 5) is 25.5. The number of nitrogens with one attached hydrogen (secondary N) is 1. The van der Waals surface area contributed by atoms with Gasteiger partial charge in [0.05, 0.1) is 17.8 Å². The number of para-hydroxylation sites is 1. The molecule has 2 amide bonds. The second-order valence-electron chi connectivity index (χ2n) is 4.95. The van der Waals surface area contributed by atoms with E-state index in [9.17, 15) is 9.59 Å². The molecule has 0 aromatic heterocycles. The Labute approximate surface area is 123 Å². The number of carbonyl (C=O) groups is 2. The van der Waals surface area contributed by atoms with E-state index in [1.165, 1.54) is 0 Å². The molecule has 1 aliphatic heterocycles. The highest BCUT2D eigenvalue weighted by atomic mass is 16.2. The number of nitrogens with two attached hydrogens (primary N) is 2. The van der Waals surface area contributed by atoms with Crippen LogP contribution in [-0.2, 0) is 4.79 Å². The number of nitrogens with zero attached hydrogens (tertiary/aromatic N) is 1. The van der Waals surface area contributed by atoms with Gasteiger partial charge in [0.2, 0.25) is 5.91 Å². The Bertz CT molecular complexity index is 556. The summed E-state index contributed by atoms with van der Waals surface area (Å²) in [5, 5.41) is 2.74. The molecule has 0 saturated carbocycles. The van der Waals surface area contributed by atoms with Crippen LogP contribution < -0.4 is 16.8 Å². The van der Waals surface area contributed by atoms with Crippen molar-refractivity contribution in [3.05, 3.63) is 42.0 Å². The minimum atomic E-state index is -0.563. The minimum absolute atomic E-state index is 0.0795. The molecule has 0 bridgehead atoms. The summed E-state index contributed by atoms with van der Waals surface area (Å²) < 4.78 is 0. The summed E-state index contributed by atoms with van der Waals surface area (Å²) in [6, 6.07) is 6.78. The third kappa shape index (κ3) is 3.90. The van der Waals surface area contributed by atoms with Crippen molar-refractivity contribution in [2.75, 3.05) is 25.0 Å². The maximum absolute atomic E-state index is 12.1. The molecular weight excluding hydrogens is 268 g/mol. The normalized spacial score (nSPS) is 18.4. The highest BCUT2D eigenvalue weighted by molar-refractivity contribution is 6.03. The number of carbonyl (C=O) groups excluding carboxylic acids is 2. The predicted molar refractivity (Wildman–Crippen MR) is 81.8 cm³/mol. The number of amides is 2.